The highest BCUT2D eigenvalue weighted by Crippen LogP contribution is 2.45. The maximum Gasteiger partial charge on any atom is 0.395 e. The van der Waals surface area contributed by atoms with E-state index in [1.807, 2.05) is 0 Å². The van der Waals surface area contributed by atoms with Gasteiger partial charge in [-0.2, -0.15) is 13.2 Å². The Balaban J connectivity index is 1.66. The summed E-state index contributed by atoms with van der Waals surface area (Å²) in [7, 11) is -3.74. The number of amides is 1. The summed E-state index contributed by atoms with van der Waals surface area (Å²) in [6.07, 6.45) is -3.51. The van der Waals surface area contributed by atoms with Gasteiger partial charge in [0.1, 0.15) is 0 Å². The van der Waals surface area contributed by atoms with E-state index in [-0.39, 0.29) is 40.4 Å². The van der Waals surface area contributed by atoms with Gasteiger partial charge in [-0.25, -0.2) is 8.42 Å². The van der Waals surface area contributed by atoms with E-state index in [9.17, 15) is 26.4 Å². The second kappa shape index (κ2) is 7.88. The van der Waals surface area contributed by atoms with E-state index in [1.165, 1.54) is 47.6 Å². The predicted octanol–water partition coefficient (Wildman–Crippen LogP) is 4.95. The molecule has 0 saturated carbocycles. The van der Waals surface area contributed by atoms with Crippen LogP contribution in [0.4, 0.5) is 18.9 Å². The standard InChI is InChI=1S/C22H18F3NO4S/c23-22(24,25)18-10-12-26(19-9-5-4-8-17(18)19)21(27)20-15(11-13-30-20)14-31(28,29)16-6-2-1-3-7-16/h1-9,11,13,18H,10,12,14H2. The molecule has 0 fully saturated rings. The SMILES string of the molecule is O=C(c1occc1CS(=O)(=O)c1ccccc1)N1CCC(C(F)(F)F)c2ccccc21. The van der Waals surface area contributed by atoms with Crippen LogP contribution in [0.15, 0.2) is 76.2 Å². The first-order valence-corrected chi connectivity index (χ1v) is 11.2. The molecule has 4 rings (SSSR count). The lowest BCUT2D eigenvalue weighted by Crippen LogP contribution is -2.40. The molecule has 3 aromatic rings. The van der Waals surface area contributed by atoms with Crippen molar-refractivity contribution in [3.63, 3.8) is 0 Å². The molecule has 1 amide bonds. The largest absolute Gasteiger partial charge is 0.459 e. The highest BCUT2D eigenvalue weighted by molar-refractivity contribution is 7.90. The summed E-state index contributed by atoms with van der Waals surface area (Å²) >= 11 is 0. The molecule has 2 aromatic carbocycles. The third kappa shape index (κ3) is 4.10. The topological polar surface area (TPSA) is 67.6 Å². The number of furan rings is 1. The molecule has 0 radical (unpaired) electrons. The maximum absolute atomic E-state index is 13.4. The zero-order valence-electron chi connectivity index (χ0n) is 16.2. The van der Waals surface area contributed by atoms with Crippen LogP contribution in [-0.2, 0) is 15.6 Å². The van der Waals surface area contributed by atoms with Crippen LogP contribution in [0.5, 0.6) is 0 Å². The minimum atomic E-state index is -4.43. The van der Waals surface area contributed by atoms with Gasteiger partial charge in [0.25, 0.3) is 5.91 Å². The van der Waals surface area contributed by atoms with Gasteiger partial charge in [-0.15, -0.1) is 0 Å². The quantitative estimate of drug-likeness (QED) is 0.565. The molecule has 1 atom stereocenters. The van der Waals surface area contributed by atoms with Crippen LogP contribution in [0, 0.1) is 0 Å². The first-order chi connectivity index (χ1) is 14.7. The molecule has 0 bridgehead atoms. The molecule has 2 heterocycles. The maximum atomic E-state index is 13.4. The molecule has 0 aliphatic carbocycles. The van der Waals surface area contributed by atoms with Crippen molar-refractivity contribution in [3.8, 4) is 0 Å². The van der Waals surface area contributed by atoms with Gasteiger partial charge in [0.05, 0.1) is 22.8 Å². The van der Waals surface area contributed by atoms with Crippen molar-refractivity contribution in [1.82, 2.24) is 0 Å². The fraction of sp³-hybridized carbons (Fsp3) is 0.227. The van der Waals surface area contributed by atoms with Gasteiger partial charge in [-0.3, -0.25) is 4.79 Å². The van der Waals surface area contributed by atoms with Gasteiger partial charge in [0.2, 0.25) is 0 Å². The summed E-state index contributed by atoms with van der Waals surface area (Å²) in [5, 5.41) is 0. The number of hydrogen-bond acceptors (Lipinski definition) is 4. The van der Waals surface area contributed by atoms with Crippen molar-refractivity contribution in [2.45, 2.75) is 29.2 Å². The van der Waals surface area contributed by atoms with E-state index < -0.39 is 33.6 Å². The highest BCUT2D eigenvalue weighted by atomic mass is 32.2. The average Bonchev–Trinajstić information content (AvgIpc) is 3.19. The lowest BCUT2D eigenvalue weighted by atomic mass is 9.89. The number of alkyl halides is 3. The van der Waals surface area contributed by atoms with Crippen LogP contribution in [0.3, 0.4) is 0 Å². The Hall–Kier alpha value is -3.07. The Morgan fingerprint density at radius 1 is 1.03 bits per heavy atom. The van der Waals surface area contributed by atoms with Crippen molar-refractivity contribution in [2.75, 3.05) is 11.4 Å². The summed E-state index contributed by atoms with van der Waals surface area (Å²) < 4.78 is 71.0. The number of hydrogen-bond donors (Lipinski definition) is 0. The van der Waals surface area contributed by atoms with E-state index in [0.29, 0.717) is 0 Å². The smallest absolute Gasteiger partial charge is 0.395 e. The van der Waals surface area contributed by atoms with Crippen molar-refractivity contribution in [3.05, 3.63) is 83.8 Å². The Bertz CT molecular complexity index is 1200. The summed E-state index contributed by atoms with van der Waals surface area (Å²) in [4.78, 5) is 14.5. The van der Waals surface area contributed by atoms with E-state index >= 15 is 0 Å². The molecule has 5 nitrogen and oxygen atoms in total. The molecule has 0 spiro atoms. The van der Waals surface area contributed by atoms with Gasteiger partial charge in [-0.1, -0.05) is 36.4 Å². The minimum Gasteiger partial charge on any atom is -0.459 e. The molecule has 0 N–H and O–H groups in total. The van der Waals surface area contributed by atoms with Gasteiger partial charge in [0.15, 0.2) is 15.6 Å². The number of halogens is 3. The Morgan fingerprint density at radius 3 is 2.42 bits per heavy atom. The van der Waals surface area contributed by atoms with Crippen LogP contribution >= 0.6 is 0 Å². The normalized spacial score (nSPS) is 16.7. The molecule has 31 heavy (non-hydrogen) atoms. The molecule has 1 aliphatic rings. The summed E-state index contributed by atoms with van der Waals surface area (Å²) in [6, 6.07) is 15.0. The number of carbonyl (C=O) groups excluding carboxylic acids is 1. The molecule has 9 heteroatoms. The second-order valence-corrected chi connectivity index (χ2v) is 9.24. The first kappa shape index (κ1) is 21.2. The number of carbonyl (C=O) groups is 1. The summed E-state index contributed by atoms with van der Waals surface area (Å²) in [5.74, 6) is -2.99. The van der Waals surface area contributed by atoms with Crippen LogP contribution < -0.4 is 4.90 Å². The Morgan fingerprint density at radius 2 is 1.71 bits per heavy atom. The van der Waals surface area contributed by atoms with Gasteiger partial charge in [-0.05, 0) is 36.2 Å². The van der Waals surface area contributed by atoms with Crippen molar-refractivity contribution < 1.29 is 30.8 Å². The first-order valence-electron chi connectivity index (χ1n) is 9.50. The summed E-state index contributed by atoms with van der Waals surface area (Å²) in [6.45, 7) is -0.161. The zero-order chi connectivity index (χ0) is 22.2. The number of para-hydroxylation sites is 1. The second-order valence-electron chi connectivity index (χ2n) is 7.25. The van der Waals surface area contributed by atoms with Crippen LogP contribution in [0.2, 0.25) is 0 Å². The molecular weight excluding hydrogens is 431 g/mol. The van der Waals surface area contributed by atoms with E-state index in [1.54, 1.807) is 24.3 Å². The van der Waals surface area contributed by atoms with E-state index in [4.69, 9.17) is 4.42 Å². The fourth-order valence-electron chi connectivity index (χ4n) is 3.79. The number of benzene rings is 2. The van der Waals surface area contributed by atoms with Crippen molar-refractivity contribution in [2.24, 2.45) is 0 Å². The van der Waals surface area contributed by atoms with E-state index in [2.05, 4.69) is 0 Å². The Labute approximate surface area is 177 Å². The van der Waals surface area contributed by atoms with Crippen molar-refractivity contribution >= 4 is 21.4 Å². The van der Waals surface area contributed by atoms with Crippen LogP contribution in [-0.4, -0.2) is 27.0 Å². The molecule has 0 saturated heterocycles. The lowest BCUT2D eigenvalue weighted by molar-refractivity contribution is -0.152. The monoisotopic (exact) mass is 449 g/mol. The van der Waals surface area contributed by atoms with Gasteiger partial charge in [0, 0.05) is 17.8 Å². The van der Waals surface area contributed by atoms with Crippen molar-refractivity contribution in [1.29, 1.82) is 0 Å². The third-order valence-corrected chi connectivity index (χ3v) is 6.95. The predicted molar refractivity (Wildman–Crippen MR) is 108 cm³/mol. The molecule has 1 aliphatic heterocycles. The van der Waals surface area contributed by atoms with Gasteiger partial charge < -0.3 is 9.32 Å². The number of rotatable bonds is 4. The molecular formula is C22H18F3NO4S. The van der Waals surface area contributed by atoms with E-state index in [0.717, 1.165) is 0 Å². The van der Waals surface area contributed by atoms with Crippen LogP contribution in [0.1, 0.15) is 34.0 Å². The highest BCUT2D eigenvalue weighted by Gasteiger charge is 2.45. The number of sulfone groups is 1. The average molecular weight is 449 g/mol. The summed E-state index contributed by atoms with van der Waals surface area (Å²) in [5.41, 5.74) is 0.318. The third-order valence-electron chi connectivity index (χ3n) is 5.27. The lowest BCUT2D eigenvalue weighted by Gasteiger charge is -2.34. The Kier molecular flexibility index (Phi) is 5.38. The van der Waals surface area contributed by atoms with Crippen LogP contribution in [0.25, 0.3) is 0 Å². The number of nitrogens with zero attached hydrogens (tertiary/aromatic N) is 1. The molecule has 1 aromatic heterocycles. The number of anilines is 1. The molecule has 1 unspecified atom stereocenters. The fourth-order valence-corrected chi connectivity index (χ4v) is 5.16. The number of fused-ring (bicyclic) bond motifs is 1. The minimum absolute atomic E-state index is 0.0135. The van der Waals surface area contributed by atoms with Gasteiger partial charge >= 0.3 is 6.18 Å². The zero-order valence-corrected chi connectivity index (χ0v) is 17.0. The molecule has 162 valence electrons.